The highest BCUT2D eigenvalue weighted by Crippen LogP contribution is 2.37. The fraction of sp³-hybridized carbons (Fsp3) is 0.647. The van der Waals surface area contributed by atoms with Gasteiger partial charge >= 0.3 is 0 Å². The molecule has 1 fully saturated rings. The molecule has 1 aliphatic carbocycles. The van der Waals surface area contributed by atoms with Crippen molar-refractivity contribution in [2.75, 3.05) is 0 Å². The van der Waals surface area contributed by atoms with E-state index in [0.717, 1.165) is 23.1 Å². The third-order valence-electron chi connectivity index (χ3n) is 4.50. The second-order valence-electron chi connectivity index (χ2n) is 5.74. The molecular weight excluding hydrogens is 284 g/mol. The van der Waals surface area contributed by atoms with Crippen molar-refractivity contribution in [2.24, 2.45) is 11.8 Å². The van der Waals surface area contributed by atoms with E-state index >= 15 is 0 Å². The standard InChI is InChI=1S/C17H25Br/c1-3-13-5-7-15(8-6-13)12-16-11-14(4-2)9-10-17(16)18/h5-8,14,16-17H,3-4,9-12H2,1-2H3. The monoisotopic (exact) mass is 308 g/mol. The first-order chi connectivity index (χ1) is 8.72. The van der Waals surface area contributed by atoms with Gasteiger partial charge in [-0.05, 0) is 55.1 Å². The van der Waals surface area contributed by atoms with Crippen molar-refractivity contribution in [3.05, 3.63) is 35.4 Å². The molecule has 0 radical (unpaired) electrons. The minimum atomic E-state index is 0.728. The van der Waals surface area contributed by atoms with E-state index in [1.165, 1.54) is 43.2 Å². The first-order valence-corrected chi connectivity index (χ1v) is 8.36. The zero-order valence-electron chi connectivity index (χ0n) is 11.7. The Morgan fingerprint density at radius 2 is 1.72 bits per heavy atom. The summed E-state index contributed by atoms with van der Waals surface area (Å²) in [5.74, 6) is 1.79. The number of halogens is 1. The highest BCUT2D eigenvalue weighted by molar-refractivity contribution is 9.09. The quantitative estimate of drug-likeness (QED) is 0.655. The van der Waals surface area contributed by atoms with Crippen molar-refractivity contribution in [3.63, 3.8) is 0 Å². The highest BCUT2D eigenvalue weighted by atomic mass is 79.9. The molecule has 0 heterocycles. The Balaban J connectivity index is 1.97. The molecule has 0 N–H and O–H groups in total. The molecule has 0 bridgehead atoms. The molecule has 1 aromatic carbocycles. The number of rotatable bonds is 4. The van der Waals surface area contributed by atoms with E-state index in [2.05, 4.69) is 54.0 Å². The SMILES string of the molecule is CCc1ccc(CC2CC(CC)CCC2Br)cc1. The average Bonchev–Trinajstić information content (AvgIpc) is 2.42. The van der Waals surface area contributed by atoms with Crippen molar-refractivity contribution in [1.82, 2.24) is 0 Å². The molecule has 1 aliphatic rings. The van der Waals surface area contributed by atoms with Crippen molar-refractivity contribution in [1.29, 1.82) is 0 Å². The van der Waals surface area contributed by atoms with Gasteiger partial charge in [0.05, 0.1) is 0 Å². The van der Waals surface area contributed by atoms with Crippen LogP contribution in [-0.4, -0.2) is 4.83 Å². The maximum absolute atomic E-state index is 3.90. The summed E-state index contributed by atoms with van der Waals surface area (Å²) in [7, 11) is 0. The van der Waals surface area contributed by atoms with Crippen molar-refractivity contribution in [3.8, 4) is 0 Å². The zero-order chi connectivity index (χ0) is 13.0. The number of hydrogen-bond acceptors (Lipinski definition) is 0. The average molecular weight is 309 g/mol. The second-order valence-corrected chi connectivity index (χ2v) is 6.91. The Bertz CT molecular complexity index is 354. The second kappa shape index (κ2) is 6.75. The van der Waals surface area contributed by atoms with E-state index in [0.29, 0.717) is 0 Å². The number of hydrogen-bond donors (Lipinski definition) is 0. The topological polar surface area (TPSA) is 0 Å². The van der Waals surface area contributed by atoms with Gasteiger partial charge in [0.1, 0.15) is 0 Å². The van der Waals surface area contributed by atoms with Gasteiger partial charge in [0.15, 0.2) is 0 Å². The minimum absolute atomic E-state index is 0.728. The molecule has 3 atom stereocenters. The van der Waals surface area contributed by atoms with Gasteiger partial charge in [-0.1, -0.05) is 60.5 Å². The van der Waals surface area contributed by atoms with Crippen molar-refractivity contribution >= 4 is 15.9 Å². The van der Waals surface area contributed by atoms with Gasteiger partial charge in [0, 0.05) is 4.83 Å². The van der Waals surface area contributed by atoms with Crippen LogP contribution in [0.1, 0.15) is 50.7 Å². The molecule has 0 saturated heterocycles. The van der Waals surface area contributed by atoms with Gasteiger partial charge in [-0.3, -0.25) is 0 Å². The van der Waals surface area contributed by atoms with E-state index in [9.17, 15) is 0 Å². The summed E-state index contributed by atoms with van der Waals surface area (Å²) in [5.41, 5.74) is 2.96. The van der Waals surface area contributed by atoms with Crippen LogP contribution in [0.5, 0.6) is 0 Å². The molecule has 1 aromatic rings. The summed E-state index contributed by atoms with van der Waals surface area (Å²) in [6.07, 6.45) is 7.92. The molecule has 3 unspecified atom stereocenters. The third-order valence-corrected chi connectivity index (χ3v) is 5.71. The molecule has 0 aliphatic heterocycles. The van der Waals surface area contributed by atoms with Crippen molar-refractivity contribution < 1.29 is 0 Å². The zero-order valence-corrected chi connectivity index (χ0v) is 13.2. The molecule has 0 nitrogen and oxygen atoms in total. The van der Waals surface area contributed by atoms with Gasteiger partial charge in [0.2, 0.25) is 0 Å². The fourth-order valence-electron chi connectivity index (χ4n) is 3.12. The van der Waals surface area contributed by atoms with Gasteiger partial charge in [-0.2, -0.15) is 0 Å². The van der Waals surface area contributed by atoms with E-state index in [1.54, 1.807) is 0 Å². The molecule has 1 heteroatoms. The van der Waals surface area contributed by atoms with Gasteiger partial charge < -0.3 is 0 Å². The lowest BCUT2D eigenvalue weighted by atomic mass is 9.77. The predicted octanol–water partition coefficient (Wildman–Crippen LogP) is 5.38. The van der Waals surface area contributed by atoms with E-state index in [4.69, 9.17) is 0 Å². The van der Waals surface area contributed by atoms with Gasteiger partial charge in [-0.15, -0.1) is 0 Å². The van der Waals surface area contributed by atoms with Crippen molar-refractivity contribution in [2.45, 2.75) is 57.2 Å². The minimum Gasteiger partial charge on any atom is -0.0888 e. The molecule has 100 valence electrons. The summed E-state index contributed by atoms with van der Waals surface area (Å²) >= 11 is 3.90. The van der Waals surface area contributed by atoms with Crippen LogP contribution in [0.2, 0.25) is 0 Å². The van der Waals surface area contributed by atoms with Crippen LogP contribution >= 0.6 is 15.9 Å². The number of alkyl halides is 1. The molecule has 1 saturated carbocycles. The lowest BCUT2D eigenvalue weighted by molar-refractivity contribution is 0.271. The Labute approximate surface area is 120 Å². The van der Waals surface area contributed by atoms with E-state index in [-0.39, 0.29) is 0 Å². The first-order valence-electron chi connectivity index (χ1n) is 7.44. The normalized spacial score (nSPS) is 28.3. The van der Waals surface area contributed by atoms with Crippen LogP contribution in [0, 0.1) is 11.8 Å². The van der Waals surface area contributed by atoms with Crippen LogP contribution in [-0.2, 0) is 12.8 Å². The van der Waals surface area contributed by atoms with Gasteiger partial charge in [0.25, 0.3) is 0 Å². The Morgan fingerprint density at radius 3 is 2.33 bits per heavy atom. The Kier molecular flexibility index (Phi) is 5.29. The first kappa shape index (κ1) is 14.1. The predicted molar refractivity (Wildman–Crippen MR) is 83.4 cm³/mol. The largest absolute Gasteiger partial charge is 0.0888 e. The lowest BCUT2D eigenvalue weighted by Crippen LogP contribution is -2.26. The van der Waals surface area contributed by atoms with Crippen LogP contribution in [0.4, 0.5) is 0 Å². The summed E-state index contributed by atoms with van der Waals surface area (Å²) < 4.78 is 0. The maximum Gasteiger partial charge on any atom is 0.0177 e. The van der Waals surface area contributed by atoms with Crippen LogP contribution in [0.25, 0.3) is 0 Å². The lowest BCUT2D eigenvalue weighted by Gasteiger charge is -2.33. The smallest absolute Gasteiger partial charge is 0.0177 e. The van der Waals surface area contributed by atoms with Gasteiger partial charge in [-0.25, -0.2) is 0 Å². The number of aryl methyl sites for hydroxylation is 1. The molecule has 0 aromatic heterocycles. The molecule has 18 heavy (non-hydrogen) atoms. The molecule has 0 amide bonds. The van der Waals surface area contributed by atoms with Crippen LogP contribution in [0.3, 0.4) is 0 Å². The Morgan fingerprint density at radius 1 is 1.06 bits per heavy atom. The summed E-state index contributed by atoms with van der Waals surface area (Å²) in [4.78, 5) is 0.728. The molecular formula is C17H25Br. The van der Waals surface area contributed by atoms with E-state index < -0.39 is 0 Å². The third kappa shape index (κ3) is 3.60. The van der Waals surface area contributed by atoms with Crippen LogP contribution in [0.15, 0.2) is 24.3 Å². The summed E-state index contributed by atoms with van der Waals surface area (Å²) in [6, 6.07) is 9.24. The molecule has 0 spiro atoms. The maximum atomic E-state index is 3.90. The summed E-state index contributed by atoms with van der Waals surface area (Å²) in [6.45, 7) is 4.56. The Hall–Kier alpha value is -0.300. The highest BCUT2D eigenvalue weighted by Gasteiger charge is 2.27. The fourth-order valence-corrected chi connectivity index (χ4v) is 3.79. The van der Waals surface area contributed by atoms with E-state index in [1.807, 2.05) is 0 Å². The summed E-state index contributed by atoms with van der Waals surface area (Å²) in [5, 5.41) is 0. The van der Waals surface area contributed by atoms with Crippen LogP contribution < -0.4 is 0 Å². The molecule has 2 rings (SSSR count). The number of benzene rings is 1.